The molecule has 2 rings (SSSR count). The first-order valence-electron chi connectivity index (χ1n) is 7.91. The summed E-state index contributed by atoms with van der Waals surface area (Å²) < 4.78 is 0. The van der Waals surface area contributed by atoms with Crippen LogP contribution in [0.1, 0.15) is 38.7 Å². The number of halogens is 2. The third-order valence-corrected chi connectivity index (χ3v) is 4.94. The molecule has 0 radical (unpaired) electrons. The van der Waals surface area contributed by atoms with Crippen LogP contribution < -0.4 is 5.32 Å². The minimum absolute atomic E-state index is 0.170. The van der Waals surface area contributed by atoms with Crippen LogP contribution in [0.3, 0.4) is 0 Å². The van der Waals surface area contributed by atoms with Crippen LogP contribution in [0, 0.1) is 5.92 Å². The topological polar surface area (TPSA) is 32.3 Å². The van der Waals surface area contributed by atoms with Gasteiger partial charge < -0.3 is 10.2 Å². The lowest BCUT2D eigenvalue weighted by Gasteiger charge is -2.30. The predicted octanol–water partition coefficient (Wildman–Crippen LogP) is 4.12. The quantitative estimate of drug-likeness (QED) is 0.872. The first-order valence-corrected chi connectivity index (χ1v) is 8.67. The molecule has 0 atom stereocenters. The zero-order valence-electron chi connectivity index (χ0n) is 13.2. The highest BCUT2D eigenvalue weighted by Crippen LogP contribution is 2.24. The minimum Gasteiger partial charge on any atom is -0.336 e. The van der Waals surface area contributed by atoms with Gasteiger partial charge in [0.1, 0.15) is 0 Å². The number of carbonyl (C=O) groups excluding carboxylic acids is 1. The van der Waals surface area contributed by atoms with Crippen LogP contribution in [0.15, 0.2) is 18.2 Å². The molecule has 0 spiro atoms. The van der Waals surface area contributed by atoms with E-state index in [-0.39, 0.29) is 11.9 Å². The number of carbonyl (C=O) groups is 1. The Morgan fingerprint density at radius 3 is 2.55 bits per heavy atom. The molecule has 1 heterocycles. The number of rotatable bonds is 5. The average molecular weight is 343 g/mol. The number of benzene rings is 1. The molecule has 1 N–H and O–H groups in total. The van der Waals surface area contributed by atoms with Crippen molar-refractivity contribution in [3.8, 4) is 0 Å². The lowest BCUT2D eigenvalue weighted by molar-refractivity contribution is -0.134. The second-order valence-electron chi connectivity index (χ2n) is 6.26. The molecule has 0 saturated carbocycles. The number of hydrogen-bond donors (Lipinski definition) is 1. The third kappa shape index (κ3) is 4.87. The number of piperidine rings is 1. The van der Waals surface area contributed by atoms with Crippen molar-refractivity contribution in [3.63, 3.8) is 0 Å². The molecule has 22 heavy (non-hydrogen) atoms. The minimum atomic E-state index is 0.170. The Labute approximate surface area is 143 Å². The first kappa shape index (κ1) is 17.6. The number of hydrogen-bond acceptors (Lipinski definition) is 2. The van der Waals surface area contributed by atoms with Crippen LogP contribution in [0.5, 0.6) is 0 Å². The number of amides is 1. The second-order valence-corrected chi connectivity index (χ2v) is 7.08. The molecule has 0 aromatic heterocycles. The summed E-state index contributed by atoms with van der Waals surface area (Å²) in [7, 11) is 0. The van der Waals surface area contributed by atoms with Crippen LogP contribution in [-0.2, 0) is 11.3 Å². The highest BCUT2D eigenvalue weighted by atomic mass is 35.5. The van der Waals surface area contributed by atoms with Crippen molar-refractivity contribution in [3.05, 3.63) is 33.8 Å². The van der Waals surface area contributed by atoms with Crippen molar-refractivity contribution in [2.75, 3.05) is 13.1 Å². The van der Waals surface area contributed by atoms with E-state index in [2.05, 4.69) is 19.2 Å². The van der Waals surface area contributed by atoms with Gasteiger partial charge in [0, 0.05) is 19.0 Å². The fourth-order valence-corrected chi connectivity index (χ4v) is 3.16. The Morgan fingerprint density at radius 2 is 1.95 bits per heavy atom. The molecule has 1 saturated heterocycles. The lowest BCUT2D eigenvalue weighted by atomic mass is 9.94. The first-order chi connectivity index (χ1) is 10.5. The van der Waals surface area contributed by atoms with Gasteiger partial charge in [-0.05, 0) is 63.4 Å². The zero-order valence-corrected chi connectivity index (χ0v) is 14.8. The SMILES string of the molecule is CC(C)N(Cc1ccc(Cl)c(Cl)c1)C(=O)CC1CCNCC1. The predicted molar refractivity (Wildman–Crippen MR) is 92.4 cm³/mol. The van der Waals surface area contributed by atoms with E-state index in [1.807, 2.05) is 17.0 Å². The molecule has 0 aliphatic carbocycles. The summed E-state index contributed by atoms with van der Waals surface area (Å²) in [5.74, 6) is 0.733. The average Bonchev–Trinajstić information content (AvgIpc) is 2.49. The van der Waals surface area contributed by atoms with E-state index < -0.39 is 0 Å². The van der Waals surface area contributed by atoms with E-state index >= 15 is 0 Å². The van der Waals surface area contributed by atoms with Gasteiger partial charge in [0.15, 0.2) is 0 Å². The molecule has 1 fully saturated rings. The highest BCUT2D eigenvalue weighted by molar-refractivity contribution is 6.42. The Kier molecular flexibility index (Phi) is 6.54. The van der Waals surface area contributed by atoms with Gasteiger partial charge in [0.2, 0.25) is 5.91 Å². The van der Waals surface area contributed by atoms with Crippen molar-refractivity contribution in [2.45, 2.75) is 45.7 Å². The van der Waals surface area contributed by atoms with Gasteiger partial charge >= 0.3 is 0 Å². The standard InChI is InChI=1S/C17H24Cl2N2O/c1-12(2)21(11-14-3-4-15(18)16(19)9-14)17(22)10-13-5-7-20-8-6-13/h3-4,9,12-13,20H,5-8,10-11H2,1-2H3. The molecule has 0 bridgehead atoms. The summed E-state index contributed by atoms with van der Waals surface area (Å²) in [5.41, 5.74) is 1.02. The summed E-state index contributed by atoms with van der Waals surface area (Å²) in [4.78, 5) is 14.6. The van der Waals surface area contributed by atoms with Crippen LogP contribution in [0.2, 0.25) is 10.0 Å². The lowest BCUT2D eigenvalue weighted by Crippen LogP contribution is -2.38. The van der Waals surface area contributed by atoms with Gasteiger partial charge in [-0.3, -0.25) is 4.79 Å². The Morgan fingerprint density at radius 1 is 1.27 bits per heavy atom. The number of nitrogens with one attached hydrogen (secondary N) is 1. The van der Waals surface area contributed by atoms with Crippen LogP contribution in [-0.4, -0.2) is 29.9 Å². The number of nitrogens with zero attached hydrogens (tertiary/aromatic N) is 1. The molecule has 1 aromatic carbocycles. The Balaban J connectivity index is 2.01. The van der Waals surface area contributed by atoms with Gasteiger partial charge in [-0.1, -0.05) is 29.3 Å². The molecule has 3 nitrogen and oxygen atoms in total. The maximum absolute atomic E-state index is 12.7. The molecule has 1 aliphatic heterocycles. The molecule has 1 amide bonds. The van der Waals surface area contributed by atoms with Crippen molar-refractivity contribution in [2.24, 2.45) is 5.92 Å². The van der Waals surface area contributed by atoms with Gasteiger partial charge in [0.05, 0.1) is 10.0 Å². The van der Waals surface area contributed by atoms with Gasteiger partial charge in [0.25, 0.3) is 0 Å². The molecule has 5 heteroatoms. The normalized spacial score (nSPS) is 16.0. The largest absolute Gasteiger partial charge is 0.336 e. The van der Waals surface area contributed by atoms with E-state index in [1.54, 1.807) is 6.07 Å². The van der Waals surface area contributed by atoms with Crippen molar-refractivity contribution in [1.29, 1.82) is 0 Å². The fraction of sp³-hybridized carbons (Fsp3) is 0.588. The van der Waals surface area contributed by atoms with Crippen molar-refractivity contribution < 1.29 is 4.79 Å². The fourth-order valence-electron chi connectivity index (χ4n) is 2.84. The molecular formula is C17H24Cl2N2O. The Hall–Kier alpha value is -0.770. The smallest absolute Gasteiger partial charge is 0.223 e. The van der Waals surface area contributed by atoms with E-state index in [0.29, 0.717) is 28.9 Å². The van der Waals surface area contributed by atoms with Crippen LogP contribution in [0.25, 0.3) is 0 Å². The van der Waals surface area contributed by atoms with E-state index in [1.165, 1.54) is 0 Å². The summed E-state index contributed by atoms with van der Waals surface area (Å²) in [5, 5.41) is 4.42. The highest BCUT2D eigenvalue weighted by Gasteiger charge is 2.23. The maximum Gasteiger partial charge on any atom is 0.223 e. The summed E-state index contributed by atoms with van der Waals surface area (Å²) >= 11 is 12.0. The van der Waals surface area contributed by atoms with Crippen molar-refractivity contribution in [1.82, 2.24) is 10.2 Å². The monoisotopic (exact) mass is 342 g/mol. The van der Waals surface area contributed by atoms with Gasteiger partial charge in [-0.25, -0.2) is 0 Å². The zero-order chi connectivity index (χ0) is 16.1. The van der Waals surface area contributed by atoms with Crippen LogP contribution in [0.4, 0.5) is 0 Å². The molecule has 1 aromatic rings. The van der Waals surface area contributed by atoms with Crippen molar-refractivity contribution >= 4 is 29.1 Å². The van der Waals surface area contributed by atoms with Crippen LogP contribution >= 0.6 is 23.2 Å². The molecular weight excluding hydrogens is 319 g/mol. The third-order valence-electron chi connectivity index (χ3n) is 4.20. The summed E-state index contributed by atoms with van der Waals surface area (Å²) in [6.45, 7) is 6.73. The summed E-state index contributed by atoms with van der Waals surface area (Å²) in [6.07, 6.45) is 2.82. The second kappa shape index (κ2) is 8.19. The van der Waals surface area contributed by atoms with E-state index in [0.717, 1.165) is 31.5 Å². The van der Waals surface area contributed by atoms with E-state index in [9.17, 15) is 4.79 Å². The summed E-state index contributed by atoms with van der Waals surface area (Å²) in [6, 6.07) is 5.73. The van der Waals surface area contributed by atoms with Gasteiger partial charge in [-0.2, -0.15) is 0 Å². The molecule has 0 unspecified atom stereocenters. The van der Waals surface area contributed by atoms with Gasteiger partial charge in [-0.15, -0.1) is 0 Å². The molecule has 1 aliphatic rings. The molecule has 122 valence electrons. The van der Waals surface area contributed by atoms with E-state index in [4.69, 9.17) is 23.2 Å². The Bertz CT molecular complexity index is 513. The maximum atomic E-state index is 12.7.